The lowest BCUT2D eigenvalue weighted by molar-refractivity contribution is -0.144. The number of alkyl halides is 4. The first kappa shape index (κ1) is 26.7. The van der Waals surface area contributed by atoms with Gasteiger partial charge >= 0.3 is 12.1 Å². The van der Waals surface area contributed by atoms with E-state index in [1.54, 1.807) is 4.90 Å². The molecule has 0 aromatic heterocycles. The molecule has 3 saturated heterocycles. The molecule has 3 aliphatic rings. The second-order valence-corrected chi connectivity index (χ2v) is 10.7. The number of piperidine rings is 2. The zero-order chi connectivity index (χ0) is 26.3. The maximum absolute atomic E-state index is 15.5. The topological polar surface area (TPSA) is 64.1 Å². The smallest absolute Gasteiger partial charge is 0.416 e. The average molecular weight is 514 g/mol. The van der Waals surface area contributed by atoms with Crippen LogP contribution < -0.4 is 4.90 Å². The van der Waals surface area contributed by atoms with Gasteiger partial charge in [-0.05, 0) is 63.1 Å². The van der Waals surface area contributed by atoms with Gasteiger partial charge in [-0.25, -0.2) is 4.39 Å². The summed E-state index contributed by atoms with van der Waals surface area (Å²) >= 11 is 0. The maximum atomic E-state index is 15.5. The highest BCUT2D eigenvalue weighted by Crippen LogP contribution is 2.41. The summed E-state index contributed by atoms with van der Waals surface area (Å²) in [5.74, 6) is -1.90. The molecule has 3 fully saturated rings. The molecule has 1 N–H and O–H groups in total. The molecule has 0 bridgehead atoms. The minimum absolute atomic E-state index is 0.0603. The number of carbonyl (C=O) groups excluding carboxylic acids is 1. The van der Waals surface area contributed by atoms with E-state index in [0.717, 1.165) is 11.6 Å². The first-order valence-corrected chi connectivity index (χ1v) is 12.8. The van der Waals surface area contributed by atoms with Gasteiger partial charge in [0.2, 0.25) is 5.67 Å². The predicted molar refractivity (Wildman–Crippen MR) is 128 cm³/mol. The number of likely N-dealkylation sites (tertiary alicyclic amines) is 2. The number of benzene rings is 1. The quantitative estimate of drug-likeness (QED) is 0.586. The van der Waals surface area contributed by atoms with Gasteiger partial charge in [0.05, 0.1) is 11.5 Å². The van der Waals surface area contributed by atoms with Crippen molar-refractivity contribution in [3.63, 3.8) is 0 Å². The molecule has 1 aromatic rings. The van der Waals surface area contributed by atoms with E-state index in [2.05, 4.69) is 0 Å². The van der Waals surface area contributed by atoms with E-state index in [9.17, 15) is 27.9 Å². The van der Waals surface area contributed by atoms with Gasteiger partial charge in [-0.3, -0.25) is 14.5 Å². The summed E-state index contributed by atoms with van der Waals surface area (Å²) in [5, 5.41) is 9.28. The van der Waals surface area contributed by atoms with Crippen LogP contribution in [0.2, 0.25) is 0 Å². The van der Waals surface area contributed by atoms with E-state index < -0.39 is 35.2 Å². The number of nitrogens with zero attached hydrogens (tertiary/aromatic N) is 3. The standard InChI is InChI=1S/C26H35F4N3O3/c1-17(2)33-14-9-25(27,16-33)24(36)32-12-5-18(6-13-32)21-4-3-20(26(28,29)30)15-22(21)31-10-7-19(8-11-31)23(34)35/h3-4,15,17-19H,5-14,16H2,1-2H3,(H,34,35)/t25-/m1/s1. The van der Waals surface area contributed by atoms with Gasteiger partial charge in [0.25, 0.3) is 5.91 Å². The van der Waals surface area contributed by atoms with E-state index in [1.807, 2.05) is 23.6 Å². The number of aliphatic carboxylic acids is 1. The van der Waals surface area contributed by atoms with Crippen molar-refractivity contribution in [3.05, 3.63) is 29.3 Å². The van der Waals surface area contributed by atoms with Crippen molar-refractivity contribution in [2.45, 2.75) is 69.8 Å². The fourth-order valence-electron chi connectivity index (χ4n) is 5.80. The van der Waals surface area contributed by atoms with E-state index >= 15 is 4.39 Å². The number of amides is 1. The van der Waals surface area contributed by atoms with Crippen LogP contribution in [0, 0.1) is 5.92 Å². The lowest BCUT2D eigenvalue weighted by Crippen LogP contribution is -2.50. The minimum atomic E-state index is -4.48. The van der Waals surface area contributed by atoms with Gasteiger partial charge in [-0.15, -0.1) is 0 Å². The zero-order valence-corrected chi connectivity index (χ0v) is 20.9. The fraction of sp³-hybridized carbons (Fsp3) is 0.692. The van der Waals surface area contributed by atoms with Gasteiger partial charge < -0.3 is 14.9 Å². The normalized spacial score (nSPS) is 25.1. The Bertz CT molecular complexity index is 970. The summed E-state index contributed by atoms with van der Waals surface area (Å²) in [4.78, 5) is 29.8. The molecule has 1 atom stereocenters. The first-order chi connectivity index (χ1) is 16.9. The van der Waals surface area contributed by atoms with E-state index in [0.29, 0.717) is 64.1 Å². The molecule has 3 aliphatic heterocycles. The molecule has 1 amide bonds. The van der Waals surface area contributed by atoms with E-state index in [4.69, 9.17) is 0 Å². The highest BCUT2D eigenvalue weighted by molar-refractivity contribution is 5.86. The van der Waals surface area contributed by atoms with Crippen molar-refractivity contribution >= 4 is 17.6 Å². The Labute approximate surface area is 209 Å². The molecule has 0 unspecified atom stereocenters. The van der Waals surface area contributed by atoms with Crippen molar-refractivity contribution in [1.29, 1.82) is 0 Å². The van der Waals surface area contributed by atoms with E-state index in [-0.39, 0.29) is 24.9 Å². The highest BCUT2D eigenvalue weighted by atomic mass is 19.4. The average Bonchev–Trinajstić information content (AvgIpc) is 3.26. The third-order valence-corrected chi connectivity index (χ3v) is 8.13. The SMILES string of the molecule is CC(C)N1CC[C@](F)(C(=O)N2CCC(c3ccc(C(F)(F)F)cc3N3CCC(C(=O)O)CC3)CC2)C1. The van der Waals surface area contributed by atoms with Crippen LogP contribution in [0.3, 0.4) is 0 Å². The summed E-state index contributed by atoms with van der Waals surface area (Å²) in [6, 6.07) is 3.96. The highest BCUT2D eigenvalue weighted by Gasteiger charge is 2.48. The number of hydrogen-bond donors (Lipinski definition) is 1. The summed E-state index contributed by atoms with van der Waals surface area (Å²) in [6.45, 7) is 6.07. The van der Waals surface area contributed by atoms with Crippen molar-refractivity contribution in [2.75, 3.05) is 44.2 Å². The Morgan fingerprint density at radius 3 is 2.19 bits per heavy atom. The molecular formula is C26H35F4N3O3. The molecule has 6 nitrogen and oxygen atoms in total. The Balaban J connectivity index is 1.48. The number of anilines is 1. The molecule has 1 aromatic carbocycles. The van der Waals surface area contributed by atoms with Crippen LogP contribution in [0.15, 0.2) is 18.2 Å². The third-order valence-electron chi connectivity index (χ3n) is 8.13. The number of halogens is 4. The van der Waals surface area contributed by atoms with Gasteiger partial charge in [0.1, 0.15) is 0 Å². The van der Waals surface area contributed by atoms with Gasteiger partial charge in [-0.2, -0.15) is 13.2 Å². The zero-order valence-electron chi connectivity index (χ0n) is 20.9. The Kier molecular flexibility index (Phi) is 7.55. The van der Waals surface area contributed by atoms with Crippen molar-refractivity contribution in [2.24, 2.45) is 5.92 Å². The number of carboxylic acid groups (broad SMARTS) is 1. The van der Waals surface area contributed by atoms with Gasteiger partial charge in [-0.1, -0.05) is 6.07 Å². The maximum Gasteiger partial charge on any atom is 0.416 e. The van der Waals surface area contributed by atoms with Crippen molar-refractivity contribution in [1.82, 2.24) is 9.80 Å². The van der Waals surface area contributed by atoms with Crippen molar-refractivity contribution < 1.29 is 32.3 Å². The number of carboxylic acids is 1. The van der Waals surface area contributed by atoms with Gasteiger partial charge in [0.15, 0.2) is 0 Å². The van der Waals surface area contributed by atoms with Crippen LogP contribution in [0.4, 0.5) is 23.2 Å². The summed E-state index contributed by atoms with van der Waals surface area (Å²) in [7, 11) is 0. The van der Waals surface area contributed by atoms with Gasteiger partial charge in [0, 0.05) is 57.4 Å². The summed E-state index contributed by atoms with van der Waals surface area (Å²) in [6.07, 6.45) is -2.46. The van der Waals surface area contributed by atoms with Crippen LogP contribution in [-0.2, 0) is 15.8 Å². The van der Waals surface area contributed by atoms with Crippen LogP contribution in [0.1, 0.15) is 63.0 Å². The number of hydrogen-bond acceptors (Lipinski definition) is 4. The molecular weight excluding hydrogens is 478 g/mol. The Morgan fingerprint density at radius 1 is 1.03 bits per heavy atom. The Morgan fingerprint density at radius 2 is 1.67 bits per heavy atom. The molecule has 36 heavy (non-hydrogen) atoms. The van der Waals surface area contributed by atoms with Crippen molar-refractivity contribution in [3.8, 4) is 0 Å². The molecule has 200 valence electrons. The lowest BCUT2D eigenvalue weighted by Gasteiger charge is -2.38. The van der Waals surface area contributed by atoms with E-state index in [1.165, 1.54) is 12.1 Å². The lowest BCUT2D eigenvalue weighted by atomic mass is 9.86. The largest absolute Gasteiger partial charge is 0.481 e. The minimum Gasteiger partial charge on any atom is -0.481 e. The third kappa shape index (κ3) is 5.48. The van der Waals surface area contributed by atoms with Crippen LogP contribution in [-0.4, -0.2) is 77.8 Å². The predicted octanol–water partition coefficient (Wildman–Crippen LogP) is 4.53. The molecule has 10 heteroatoms. The van der Waals surface area contributed by atoms with Crippen LogP contribution >= 0.6 is 0 Å². The molecule has 0 aliphatic carbocycles. The molecule has 3 heterocycles. The number of rotatable bonds is 5. The summed E-state index contributed by atoms with van der Waals surface area (Å²) < 4.78 is 56.0. The second-order valence-electron chi connectivity index (χ2n) is 10.7. The first-order valence-electron chi connectivity index (χ1n) is 12.8. The number of carbonyl (C=O) groups is 2. The molecule has 4 rings (SSSR count). The monoisotopic (exact) mass is 513 g/mol. The molecule has 0 spiro atoms. The molecule has 0 radical (unpaired) electrons. The fourth-order valence-corrected chi connectivity index (χ4v) is 5.80. The van der Waals surface area contributed by atoms with Crippen LogP contribution in [0.25, 0.3) is 0 Å². The Hall–Kier alpha value is -2.36. The summed E-state index contributed by atoms with van der Waals surface area (Å²) in [5.41, 5.74) is -1.34. The molecule has 0 saturated carbocycles. The second kappa shape index (κ2) is 10.2. The van der Waals surface area contributed by atoms with Crippen LogP contribution in [0.5, 0.6) is 0 Å².